The molecule has 0 radical (unpaired) electrons. The van der Waals surface area contributed by atoms with Gasteiger partial charge in [0.2, 0.25) is 0 Å². The number of anilines is 1. The van der Waals surface area contributed by atoms with Gasteiger partial charge in [0.25, 0.3) is 0 Å². The van der Waals surface area contributed by atoms with Crippen molar-refractivity contribution < 1.29 is 0 Å². The number of nitrogens with one attached hydrogen (secondary N) is 2. The van der Waals surface area contributed by atoms with Gasteiger partial charge in [-0.25, -0.2) is 4.98 Å². The smallest absolute Gasteiger partial charge is 0.135 e. The Balaban J connectivity index is 2.87. The molecule has 3 nitrogen and oxygen atoms in total. The molecule has 0 amide bonds. The van der Waals surface area contributed by atoms with Gasteiger partial charge in [-0.2, -0.15) is 0 Å². The summed E-state index contributed by atoms with van der Waals surface area (Å²) < 4.78 is 0. The molecule has 94 valence electrons. The minimum absolute atomic E-state index is 0.385. The number of hydrogen-bond donors (Lipinski definition) is 2. The van der Waals surface area contributed by atoms with Crippen molar-refractivity contribution in [2.24, 2.45) is 5.92 Å². The first-order chi connectivity index (χ1) is 8.04. The minimum atomic E-state index is 0.385. The van der Waals surface area contributed by atoms with Crippen molar-refractivity contribution in [3.8, 4) is 0 Å². The van der Waals surface area contributed by atoms with E-state index in [-0.39, 0.29) is 0 Å². The van der Waals surface area contributed by atoms with Gasteiger partial charge in [-0.1, -0.05) is 20.8 Å². The lowest BCUT2D eigenvalue weighted by molar-refractivity contribution is 0.682. The van der Waals surface area contributed by atoms with E-state index in [0.717, 1.165) is 24.2 Å². The Labute approximate surface area is 104 Å². The predicted molar refractivity (Wildman–Crippen MR) is 73.9 cm³/mol. The summed E-state index contributed by atoms with van der Waals surface area (Å²) in [6.07, 6.45) is 3.62. The van der Waals surface area contributed by atoms with Crippen molar-refractivity contribution >= 4 is 11.5 Å². The fourth-order valence-corrected chi connectivity index (χ4v) is 1.62. The Hall–Kier alpha value is -1.38. The van der Waals surface area contributed by atoms with Gasteiger partial charge in [-0.05, 0) is 37.8 Å². The van der Waals surface area contributed by atoms with Crippen LogP contribution in [-0.2, 0) is 0 Å². The van der Waals surface area contributed by atoms with Gasteiger partial charge < -0.3 is 10.7 Å². The normalized spacial score (nSPS) is 12.5. The molecule has 0 spiro atoms. The van der Waals surface area contributed by atoms with Crippen molar-refractivity contribution in [2.75, 3.05) is 5.32 Å². The molecule has 1 heterocycles. The maximum absolute atomic E-state index is 8.12. The molecule has 17 heavy (non-hydrogen) atoms. The molecule has 1 aromatic rings. The van der Waals surface area contributed by atoms with Gasteiger partial charge >= 0.3 is 0 Å². The van der Waals surface area contributed by atoms with Crippen LogP contribution in [0.15, 0.2) is 18.3 Å². The van der Waals surface area contributed by atoms with E-state index >= 15 is 0 Å². The molecule has 0 saturated heterocycles. The first-order valence-electron chi connectivity index (χ1n) is 6.34. The molecule has 1 atom stereocenters. The number of hydrogen-bond acceptors (Lipinski definition) is 3. The zero-order valence-corrected chi connectivity index (χ0v) is 11.2. The van der Waals surface area contributed by atoms with Crippen molar-refractivity contribution in [3.63, 3.8) is 0 Å². The van der Waals surface area contributed by atoms with Gasteiger partial charge in [-0.3, -0.25) is 0 Å². The lowest BCUT2D eigenvalue weighted by Gasteiger charge is -2.16. The number of pyridine rings is 1. The molecule has 2 N–H and O–H groups in total. The maximum Gasteiger partial charge on any atom is 0.135 e. The van der Waals surface area contributed by atoms with Crippen LogP contribution in [0.3, 0.4) is 0 Å². The highest BCUT2D eigenvalue weighted by atomic mass is 15.0. The van der Waals surface area contributed by atoms with Crippen LogP contribution in [0.5, 0.6) is 0 Å². The third kappa shape index (κ3) is 4.17. The SMILES string of the molecule is CCC(C)Nc1ncccc1C(=N)CC(C)C. The number of nitrogens with zero attached hydrogens (tertiary/aromatic N) is 1. The van der Waals surface area contributed by atoms with E-state index in [1.807, 2.05) is 12.1 Å². The molecule has 1 unspecified atom stereocenters. The van der Waals surface area contributed by atoms with Crippen LogP contribution < -0.4 is 5.32 Å². The van der Waals surface area contributed by atoms with Crippen LogP contribution in [0.1, 0.15) is 46.1 Å². The Bertz CT molecular complexity index is 371. The van der Waals surface area contributed by atoms with E-state index in [1.165, 1.54) is 0 Å². The zero-order valence-electron chi connectivity index (χ0n) is 11.2. The van der Waals surface area contributed by atoms with Crippen LogP contribution >= 0.6 is 0 Å². The van der Waals surface area contributed by atoms with Crippen molar-refractivity contribution in [3.05, 3.63) is 23.9 Å². The highest BCUT2D eigenvalue weighted by molar-refractivity contribution is 6.02. The first kappa shape index (κ1) is 13.7. The van der Waals surface area contributed by atoms with E-state index in [4.69, 9.17) is 5.41 Å². The fraction of sp³-hybridized carbons (Fsp3) is 0.571. The highest BCUT2D eigenvalue weighted by Crippen LogP contribution is 2.17. The van der Waals surface area contributed by atoms with Gasteiger partial charge in [0, 0.05) is 23.5 Å². The largest absolute Gasteiger partial charge is 0.367 e. The van der Waals surface area contributed by atoms with E-state index in [1.54, 1.807) is 6.20 Å². The molecule has 0 saturated carbocycles. The third-order valence-electron chi connectivity index (χ3n) is 2.74. The molecular weight excluding hydrogens is 210 g/mol. The second kappa shape index (κ2) is 6.38. The third-order valence-corrected chi connectivity index (χ3v) is 2.74. The Kier molecular flexibility index (Phi) is 5.13. The average molecular weight is 233 g/mol. The summed E-state index contributed by atoms with van der Waals surface area (Å²) >= 11 is 0. The topological polar surface area (TPSA) is 48.8 Å². The summed E-state index contributed by atoms with van der Waals surface area (Å²) in [5.74, 6) is 1.34. The van der Waals surface area contributed by atoms with Crippen LogP contribution in [0.4, 0.5) is 5.82 Å². The van der Waals surface area contributed by atoms with Crippen LogP contribution in [0, 0.1) is 11.3 Å². The van der Waals surface area contributed by atoms with Gasteiger partial charge in [0.05, 0.1) is 0 Å². The Morgan fingerprint density at radius 1 is 1.41 bits per heavy atom. The summed E-state index contributed by atoms with van der Waals surface area (Å²) in [6.45, 7) is 8.53. The van der Waals surface area contributed by atoms with Crippen LogP contribution in [0.25, 0.3) is 0 Å². The quantitative estimate of drug-likeness (QED) is 0.736. The van der Waals surface area contributed by atoms with Crippen LogP contribution in [0.2, 0.25) is 0 Å². The lowest BCUT2D eigenvalue weighted by Crippen LogP contribution is -2.17. The molecule has 0 bridgehead atoms. The van der Waals surface area contributed by atoms with E-state index in [0.29, 0.717) is 17.7 Å². The summed E-state index contributed by atoms with van der Waals surface area (Å²) in [7, 11) is 0. The minimum Gasteiger partial charge on any atom is -0.367 e. The van der Waals surface area contributed by atoms with E-state index in [2.05, 4.69) is 38.0 Å². The molecule has 1 rings (SSSR count). The molecule has 0 aliphatic heterocycles. The van der Waals surface area contributed by atoms with Crippen molar-refractivity contribution in [1.82, 2.24) is 4.98 Å². The second-order valence-electron chi connectivity index (χ2n) is 4.93. The summed E-state index contributed by atoms with van der Waals surface area (Å²) in [6, 6.07) is 4.25. The second-order valence-corrected chi connectivity index (χ2v) is 4.93. The Morgan fingerprint density at radius 2 is 2.12 bits per heavy atom. The fourth-order valence-electron chi connectivity index (χ4n) is 1.62. The predicted octanol–water partition coefficient (Wildman–Crippen LogP) is 3.71. The standard InChI is InChI=1S/C14H23N3/c1-5-11(4)17-14-12(7-6-8-16-14)13(15)9-10(2)3/h6-8,10-11,15H,5,9H2,1-4H3,(H,16,17). The first-order valence-corrected chi connectivity index (χ1v) is 6.34. The Morgan fingerprint density at radius 3 is 2.71 bits per heavy atom. The van der Waals surface area contributed by atoms with Crippen molar-refractivity contribution in [1.29, 1.82) is 5.41 Å². The van der Waals surface area contributed by atoms with Gasteiger partial charge in [0.15, 0.2) is 0 Å². The van der Waals surface area contributed by atoms with E-state index < -0.39 is 0 Å². The summed E-state index contributed by atoms with van der Waals surface area (Å²) in [4.78, 5) is 4.34. The van der Waals surface area contributed by atoms with Crippen LogP contribution in [-0.4, -0.2) is 16.7 Å². The van der Waals surface area contributed by atoms with Gasteiger partial charge in [-0.15, -0.1) is 0 Å². The highest BCUT2D eigenvalue weighted by Gasteiger charge is 2.11. The molecular formula is C14H23N3. The molecule has 0 aliphatic rings. The molecule has 3 heteroatoms. The number of aromatic nitrogens is 1. The molecule has 0 aromatic carbocycles. The van der Waals surface area contributed by atoms with Crippen molar-refractivity contribution in [2.45, 2.75) is 46.6 Å². The summed E-state index contributed by atoms with van der Waals surface area (Å²) in [5, 5.41) is 11.5. The molecule has 0 fully saturated rings. The molecule has 1 aromatic heterocycles. The monoisotopic (exact) mass is 233 g/mol. The van der Waals surface area contributed by atoms with E-state index in [9.17, 15) is 0 Å². The number of rotatable bonds is 6. The lowest BCUT2D eigenvalue weighted by atomic mass is 10.0. The molecule has 0 aliphatic carbocycles. The summed E-state index contributed by atoms with van der Waals surface area (Å²) in [5.41, 5.74) is 1.60. The zero-order chi connectivity index (χ0) is 12.8. The maximum atomic E-state index is 8.12. The average Bonchev–Trinajstić information content (AvgIpc) is 2.28. The van der Waals surface area contributed by atoms with Gasteiger partial charge in [0.1, 0.15) is 5.82 Å².